The number of rotatable bonds is 4. The average Bonchev–Trinajstić information content (AvgIpc) is 2.52. The van der Waals surface area contributed by atoms with Gasteiger partial charge in [0.1, 0.15) is 0 Å². The first-order chi connectivity index (χ1) is 5.34. The second-order valence-corrected chi connectivity index (χ2v) is 2.80. The van der Waals surface area contributed by atoms with Gasteiger partial charge < -0.3 is 5.11 Å². The van der Waals surface area contributed by atoms with E-state index in [-0.39, 0.29) is 0 Å². The molecule has 0 aliphatic heterocycles. The van der Waals surface area contributed by atoms with Crippen LogP contribution >= 0.6 is 11.3 Å². The van der Waals surface area contributed by atoms with Gasteiger partial charge in [0.15, 0.2) is 6.23 Å². The van der Waals surface area contributed by atoms with Crippen molar-refractivity contribution in [2.75, 3.05) is 0 Å². The van der Waals surface area contributed by atoms with Gasteiger partial charge in [0.25, 0.3) is 0 Å². The third-order valence-corrected chi connectivity index (χ3v) is 2.02. The summed E-state index contributed by atoms with van der Waals surface area (Å²) < 4.78 is 0. The molecule has 60 valence electrons. The van der Waals surface area contributed by atoms with Crippen molar-refractivity contribution in [2.24, 2.45) is 0 Å². The van der Waals surface area contributed by atoms with Crippen LogP contribution in [0.2, 0.25) is 0 Å². The summed E-state index contributed by atoms with van der Waals surface area (Å²) in [5.41, 5.74) is 4.54. The van der Waals surface area contributed by atoms with Gasteiger partial charge in [0, 0.05) is 4.88 Å². The lowest BCUT2D eigenvalue weighted by Crippen LogP contribution is -2.33. The Balaban J connectivity index is 2.42. The maximum atomic E-state index is 9.80. The largest absolute Gasteiger partial charge is 0.372 e. The number of amides is 1. The molecule has 11 heavy (non-hydrogen) atoms. The highest BCUT2D eigenvalue weighted by Crippen LogP contribution is 2.14. The molecule has 0 spiro atoms. The molecule has 3 N–H and O–H groups in total. The van der Waals surface area contributed by atoms with Crippen molar-refractivity contribution in [3.8, 4) is 0 Å². The summed E-state index contributed by atoms with van der Waals surface area (Å²) in [6, 6.07) is 3.60. The summed E-state index contributed by atoms with van der Waals surface area (Å²) in [6.45, 7) is 0. The molecule has 1 amide bonds. The van der Waals surface area contributed by atoms with E-state index in [1.54, 1.807) is 6.07 Å². The van der Waals surface area contributed by atoms with Gasteiger partial charge in [-0.25, -0.2) is 5.43 Å². The monoisotopic (exact) mass is 172 g/mol. The molecule has 0 saturated carbocycles. The molecular formula is C6H8N2O2S. The predicted molar refractivity (Wildman–Crippen MR) is 41.6 cm³/mol. The maximum Gasteiger partial charge on any atom is 0.221 e. The van der Waals surface area contributed by atoms with E-state index in [0.29, 0.717) is 6.41 Å². The number of hydrogen-bond donors (Lipinski definition) is 3. The van der Waals surface area contributed by atoms with E-state index in [1.165, 1.54) is 11.3 Å². The Kier molecular flexibility index (Phi) is 3.03. The molecule has 1 atom stereocenters. The van der Waals surface area contributed by atoms with Crippen molar-refractivity contribution in [1.82, 2.24) is 10.9 Å². The number of carbonyl (C=O) groups is 1. The van der Waals surface area contributed by atoms with E-state index in [1.807, 2.05) is 11.4 Å². The summed E-state index contributed by atoms with van der Waals surface area (Å²) in [7, 11) is 0. The van der Waals surface area contributed by atoms with Crippen LogP contribution < -0.4 is 10.9 Å². The second-order valence-electron chi connectivity index (χ2n) is 1.82. The minimum absolute atomic E-state index is 0.469. The number of hydrogen-bond acceptors (Lipinski definition) is 4. The Morgan fingerprint density at radius 1 is 1.73 bits per heavy atom. The number of thiophene rings is 1. The fourth-order valence-corrected chi connectivity index (χ4v) is 1.29. The van der Waals surface area contributed by atoms with E-state index in [4.69, 9.17) is 0 Å². The summed E-state index contributed by atoms with van der Waals surface area (Å²) in [5.74, 6) is 0. The molecule has 5 heteroatoms. The smallest absolute Gasteiger partial charge is 0.221 e. The number of aliphatic hydroxyl groups excluding tert-OH is 1. The predicted octanol–water partition coefficient (Wildman–Crippen LogP) is -0.0104. The van der Waals surface area contributed by atoms with Crippen LogP contribution in [-0.4, -0.2) is 11.5 Å². The van der Waals surface area contributed by atoms with Gasteiger partial charge in [-0.2, -0.15) is 0 Å². The zero-order valence-corrected chi connectivity index (χ0v) is 6.47. The van der Waals surface area contributed by atoms with Crippen molar-refractivity contribution in [3.05, 3.63) is 22.4 Å². The third-order valence-electron chi connectivity index (χ3n) is 1.09. The van der Waals surface area contributed by atoms with Gasteiger partial charge >= 0.3 is 0 Å². The highest BCUT2D eigenvalue weighted by Gasteiger charge is 2.04. The lowest BCUT2D eigenvalue weighted by atomic mass is 10.4. The molecule has 1 heterocycles. The fraction of sp³-hybridized carbons (Fsp3) is 0.167. The second kappa shape index (κ2) is 4.07. The first-order valence-corrected chi connectivity index (χ1v) is 3.88. The molecule has 1 unspecified atom stereocenters. The van der Waals surface area contributed by atoms with E-state index >= 15 is 0 Å². The van der Waals surface area contributed by atoms with Crippen LogP contribution in [0.4, 0.5) is 0 Å². The van der Waals surface area contributed by atoms with Gasteiger partial charge in [-0.1, -0.05) is 6.07 Å². The van der Waals surface area contributed by atoms with Gasteiger partial charge in [-0.3, -0.25) is 10.2 Å². The molecule has 0 bridgehead atoms. The van der Waals surface area contributed by atoms with E-state index < -0.39 is 6.23 Å². The quantitative estimate of drug-likeness (QED) is 0.340. The van der Waals surface area contributed by atoms with Crippen molar-refractivity contribution >= 4 is 17.7 Å². The molecule has 0 aliphatic carbocycles. The Morgan fingerprint density at radius 2 is 2.55 bits per heavy atom. The summed E-state index contributed by atoms with van der Waals surface area (Å²) in [6.07, 6.45) is -0.350. The van der Waals surface area contributed by atoms with E-state index in [0.717, 1.165) is 4.88 Å². The third kappa shape index (κ3) is 2.30. The first-order valence-electron chi connectivity index (χ1n) is 3.01. The topological polar surface area (TPSA) is 61.4 Å². The Hall–Kier alpha value is -0.910. The minimum atomic E-state index is -0.819. The van der Waals surface area contributed by atoms with E-state index in [9.17, 15) is 9.90 Å². The van der Waals surface area contributed by atoms with Crippen LogP contribution in [0.15, 0.2) is 17.5 Å². The summed E-state index contributed by atoms with van der Waals surface area (Å²) >= 11 is 1.41. The van der Waals surface area contributed by atoms with Gasteiger partial charge in [0.05, 0.1) is 0 Å². The van der Waals surface area contributed by atoms with Crippen LogP contribution in [0.25, 0.3) is 0 Å². The molecular weight excluding hydrogens is 164 g/mol. The van der Waals surface area contributed by atoms with Crippen LogP contribution in [0.3, 0.4) is 0 Å². The summed E-state index contributed by atoms with van der Waals surface area (Å²) in [4.78, 5) is 10.6. The molecule has 0 fully saturated rings. The first kappa shape index (κ1) is 8.19. The highest BCUT2D eigenvalue weighted by atomic mass is 32.1. The van der Waals surface area contributed by atoms with Gasteiger partial charge in [-0.05, 0) is 11.4 Å². The number of aliphatic hydroxyl groups is 1. The zero-order valence-electron chi connectivity index (χ0n) is 5.65. The standard InChI is InChI=1S/C6H8N2O2S/c9-4-7-8-6(10)5-2-1-3-11-5/h1-4,6,8,10H,(H,7,9). The molecule has 1 aromatic rings. The van der Waals surface area contributed by atoms with E-state index in [2.05, 4.69) is 10.9 Å². The number of nitrogens with one attached hydrogen (secondary N) is 2. The molecule has 1 aromatic heterocycles. The molecule has 0 radical (unpaired) electrons. The average molecular weight is 172 g/mol. The lowest BCUT2D eigenvalue weighted by molar-refractivity contribution is -0.111. The zero-order chi connectivity index (χ0) is 8.10. The lowest BCUT2D eigenvalue weighted by Gasteiger charge is -2.07. The van der Waals surface area contributed by atoms with Crippen molar-refractivity contribution < 1.29 is 9.90 Å². The number of hydrazine groups is 1. The molecule has 0 aromatic carbocycles. The Bertz CT molecular complexity index is 212. The SMILES string of the molecule is O=CNNC(O)c1cccs1. The van der Waals surface area contributed by atoms with Gasteiger partial charge in [0.2, 0.25) is 6.41 Å². The molecule has 4 nitrogen and oxygen atoms in total. The van der Waals surface area contributed by atoms with Crippen LogP contribution in [0, 0.1) is 0 Å². The maximum absolute atomic E-state index is 9.80. The highest BCUT2D eigenvalue weighted by molar-refractivity contribution is 7.10. The van der Waals surface area contributed by atoms with Crippen molar-refractivity contribution in [3.63, 3.8) is 0 Å². The molecule has 0 saturated heterocycles. The van der Waals surface area contributed by atoms with Crippen molar-refractivity contribution in [2.45, 2.75) is 6.23 Å². The van der Waals surface area contributed by atoms with Crippen LogP contribution in [0.1, 0.15) is 11.1 Å². The van der Waals surface area contributed by atoms with Crippen molar-refractivity contribution in [1.29, 1.82) is 0 Å². The van der Waals surface area contributed by atoms with Crippen LogP contribution in [-0.2, 0) is 4.79 Å². The number of carbonyl (C=O) groups excluding carboxylic acids is 1. The molecule has 0 aliphatic rings. The van der Waals surface area contributed by atoms with Crippen LogP contribution in [0.5, 0.6) is 0 Å². The fourth-order valence-electron chi connectivity index (χ4n) is 0.631. The van der Waals surface area contributed by atoms with Gasteiger partial charge in [-0.15, -0.1) is 11.3 Å². The minimum Gasteiger partial charge on any atom is -0.372 e. The molecule has 1 rings (SSSR count). The Labute approximate surface area is 67.8 Å². The normalized spacial score (nSPS) is 12.5. The summed E-state index contributed by atoms with van der Waals surface area (Å²) in [5, 5.41) is 11.1. The Morgan fingerprint density at radius 3 is 3.09 bits per heavy atom.